The molecular formula is C72H127NO8P+. The maximum Gasteiger partial charge on any atom is 0.472 e. The molecule has 2 unspecified atom stereocenters. The highest BCUT2D eigenvalue weighted by molar-refractivity contribution is 7.47. The Morgan fingerprint density at radius 1 is 0.390 bits per heavy atom. The van der Waals surface area contributed by atoms with Crippen molar-refractivity contribution in [3.8, 4) is 0 Å². The minimum atomic E-state index is -4.39. The Balaban J connectivity index is 4.07. The standard InChI is InChI=1S/C72H126NO8P/c1-6-8-10-12-14-16-18-20-22-24-26-27-28-29-30-31-32-33-34-35-36-37-38-39-40-41-42-43-44-45-47-49-51-53-55-57-59-61-63-65-72(75)81-70(69-80-82(76,77)79-67-66-73(3,4)5)68-78-71(74)64-62-60-58-56-54-52-50-48-46-25-23-21-19-17-15-13-11-9-7-2/h8,10,14,16,20,22,26-27,29-30,32-33,35-36,38-39,41-42,70H,6-7,9,11-13,15,17-19,21,23-25,28,31,34,37,40,43-69H2,1-5H3/p+1/b10-8-,16-14-,22-20-,27-26-,30-29-,33-32-,36-35-,39-38-,42-41-. The van der Waals surface area contributed by atoms with E-state index in [1.165, 1.54) is 148 Å². The molecule has 0 saturated carbocycles. The highest BCUT2D eigenvalue weighted by atomic mass is 31.2. The molecule has 1 N–H and O–H groups in total. The van der Waals surface area contributed by atoms with Gasteiger partial charge >= 0.3 is 19.8 Å². The van der Waals surface area contributed by atoms with E-state index in [-0.39, 0.29) is 32.0 Å². The molecule has 82 heavy (non-hydrogen) atoms. The van der Waals surface area contributed by atoms with Crippen LogP contribution in [0.5, 0.6) is 0 Å². The average molecular weight is 1170 g/mol. The van der Waals surface area contributed by atoms with Gasteiger partial charge in [-0.1, -0.05) is 297 Å². The molecule has 0 bridgehead atoms. The molecule has 0 aromatic carbocycles. The van der Waals surface area contributed by atoms with Crippen molar-refractivity contribution >= 4 is 19.8 Å². The number of esters is 2. The van der Waals surface area contributed by atoms with E-state index in [1.54, 1.807) is 0 Å². The number of hydrogen-bond acceptors (Lipinski definition) is 7. The van der Waals surface area contributed by atoms with Crippen LogP contribution in [0.1, 0.15) is 284 Å². The van der Waals surface area contributed by atoms with Crippen molar-refractivity contribution < 1.29 is 42.1 Å². The first kappa shape index (κ1) is 78.7. The number of carbonyl (C=O) groups excluding carboxylic acids is 2. The Morgan fingerprint density at radius 2 is 0.695 bits per heavy atom. The molecule has 0 fully saturated rings. The molecule has 0 saturated heterocycles. The smallest absolute Gasteiger partial charge is 0.462 e. The average Bonchev–Trinajstić information content (AvgIpc) is 3.46. The van der Waals surface area contributed by atoms with Crippen LogP contribution in [0.15, 0.2) is 109 Å². The highest BCUT2D eigenvalue weighted by Crippen LogP contribution is 2.43. The van der Waals surface area contributed by atoms with Crippen molar-refractivity contribution in [1.82, 2.24) is 0 Å². The van der Waals surface area contributed by atoms with Crippen LogP contribution in [0.2, 0.25) is 0 Å². The van der Waals surface area contributed by atoms with E-state index in [4.69, 9.17) is 18.5 Å². The zero-order chi connectivity index (χ0) is 59.8. The zero-order valence-electron chi connectivity index (χ0n) is 53.7. The van der Waals surface area contributed by atoms with Crippen LogP contribution in [0.4, 0.5) is 0 Å². The molecule has 0 aromatic rings. The fourth-order valence-electron chi connectivity index (χ4n) is 9.19. The van der Waals surface area contributed by atoms with Crippen molar-refractivity contribution in [2.24, 2.45) is 0 Å². The Morgan fingerprint density at radius 3 is 1.04 bits per heavy atom. The van der Waals surface area contributed by atoms with Gasteiger partial charge in [-0.25, -0.2) is 4.57 Å². The number of rotatable bonds is 61. The molecular weight excluding hydrogens is 1040 g/mol. The minimum Gasteiger partial charge on any atom is -0.462 e. The lowest BCUT2D eigenvalue weighted by molar-refractivity contribution is -0.870. The zero-order valence-corrected chi connectivity index (χ0v) is 54.6. The number of allylic oxidation sites excluding steroid dienone is 18. The van der Waals surface area contributed by atoms with Gasteiger partial charge in [0.1, 0.15) is 19.8 Å². The minimum absolute atomic E-state index is 0.0287. The number of unbranched alkanes of at least 4 members (excludes halogenated alkanes) is 29. The third-order valence-electron chi connectivity index (χ3n) is 14.3. The number of likely N-dealkylation sites (N-methyl/N-ethyl adjacent to an activating group) is 1. The number of ether oxygens (including phenoxy) is 2. The van der Waals surface area contributed by atoms with Crippen LogP contribution in [0.25, 0.3) is 0 Å². The Bertz CT molecular complexity index is 1750. The second kappa shape index (κ2) is 62.2. The van der Waals surface area contributed by atoms with Gasteiger partial charge < -0.3 is 18.9 Å². The SMILES string of the molecule is CC/C=C\C/C=C\C/C=C\C/C=C\C/C=C\C/C=C\C/C=C\C/C=C\C/C=C\CCCCCCCCCCCCCC(=O)OC(COC(=O)CCCCCCCCCCCCCCCCCCCCC)COP(=O)(O)OCC[N+](C)(C)C. The molecule has 0 spiro atoms. The van der Waals surface area contributed by atoms with E-state index in [2.05, 4.69) is 123 Å². The number of quaternary nitrogens is 1. The maximum atomic E-state index is 12.9. The van der Waals surface area contributed by atoms with E-state index >= 15 is 0 Å². The lowest BCUT2D eigenvalue weighted by atomic mass is 10.0. The molecule has 9 nitrogen and oxygen atoms in total. The van der Waals surface area contributed by atoms with Crippen LogP contribution in [-0.4, -0.2) is 74.9 Å². The molecule has 2 atom stereocenters. The van der Waals surface area contributed by atoms with Crippen LogP contribution < -0.4 is 0 Å². The van der Waals surface area contributed by atoms with Crippen LogP contribution in [0, 0.1) is 0 Å². The summed E-state index contributed by atoms with van der Waals surface area (Å²) in [4.78, 5) is 35.8. The van der Waals surface area contributed by atoms with Crippen LogP contribution in [-0.2, 0) is 32.7 Å². The third kappa shape index (κ3) is 65.8. The van der Waals surface area contributed by atoms with E-state index in [0.29, 0.717) is 17.4 Å². The lowest BCUT2D eigenvalue weighted by Crippen LogP contribution is -2.37. The Labute approximate surface area is 506 Å². The van der Waals surface area contributed by atoms with Gasteiger partial charge in [-0.05, 0) is 83.5 Å². The molecule has 0 rings (SSSR count). The number of phosphoric ester groups is 1. The summed E-state index contributed by atoms with van der Waals surface area (Å²) in [7, 11) is 1.48. The fraction of sp³-hybridized carbons (Fsp3) is 0.722. The van der Waals surface area contributed by atoms with Crippen LogP contribution >= 0.6 is 7.82 Å². The summed E-state index contributed by atoms with van der Waals surface area (Å²) in [6, 6.07) is 0. The quantitative estimate of drug-likeness (QED) is 0.0211. The number of carbonyl (C=O) groups is 2. The normalized spacial score (nSPS) is 13.9. The predicted octanol–water partition coefficient (Wildman–Crippen LogP) is 21.7. The van der Waals surface area contributed by atoms with Crippen molar-refractivity contribution in [3.63, 3.8) is 0 Å². The van der Waals surface area contributed by atoms with E-state index in [9.17, 15) is 19.0 Å². The summed E-state index contributed by atoms with van der Waals surface area (Å²) in [6.45, 7) is 4.34. The second-order valence-corrected chi connectivity index (χ2v) is 24.9. The molecule has 0 aliphatic rings. The van der Waals surface area contributed by atoms with Gasteiger partial charge in [0.05, 0.1) is 27.7 Å². The summed E-state index contributed by atoms with van der Waals surface area (Å²) in [5, 5.41) is 0. The van der Waals surface area contributed by atoms with E-state index < -0.39 is 26.5 Å². The Kier molecular flexibility index (Phi) is 59.7. The first-order chi connectivity index (χ1) is 40.0. The summed E-state index contributed by atoms with van der Waals surface area (Å²) < 4.78 is 34.7. The van der Waals surface area contributed by atoms with Gasteiger partial charge in [0, 0.05) is 12.8 Å². The fourth-order valence-corrected chi connectivity index (χ4v) is 9.93. The third-order valence-corrected chi connectivity index (χ3v) is 15.3. The molecule has 0 aliphatic heterocycles. The van der Waals surface area contributed by atoms with Gasteiger partial charge in [0.25, 0.3) is 0 Å². The molecule has 0 aromatic heterocycles. The van der Waals surface area contributed by atoms with Gasteiger partial charge in [-0.2, -0.15) is 0 Å². The van der Waals surface area contributed by atoms with E-state index in [0.717, 1.165) is 103 Å². The molecule has 0 amide bonds. The lowest BCUT2D eigenvalue weighted by Gasteiger charge is -2.24. The van der Waals surface area contributed by atoms with Crippen LogP contribution in [0.3, 0.4) is 0 Å². The summed E-state index contributed by atoms with van der Waals surface area (Å²) in [5.41, 5.74) is 0. The van der Waals surface area contributed by atoms with E-state index in [1.807, 2.05) is 21.1 Å². The van der Waals surface area contributed by atoms with Gasteiger partial charge in [-0.15, -0.1) is 0 Å². The first-order valence-electron chi connectivity index (χ1n) is 33.6. The number of nitrogens with zero attached hydrogens (tertiary/aromatic N) is 1. The highest BCUT2D eigenvalue weighted by Gasteiger charge is 2.27. The second-order valence-electron chi connectivity index (χ2n) is 23.5. The maximum absolute atomic E-state index is 12.9. The molecule has 0 aliphatic carbocycles. The Hall–Kier alpha value is -3.33. The summed E-state index contributed by atoms with van der Waals surface area (Å²) in [6.07, 6.45) is 87.5. The van der Waals surface area contributed by atoms with Gasteiger partial charge in [0.15, 0.2) is 6.10 Å². The monoisotopic (exact) mass is 1160 g/mol. The summed E-state index contributed by atoms with van der Waals surface area (Å²) in [5.74, 6) is -0.794. The predicted molar refractivity (Wildman–Crippen MR) is 353 cm³/mol. The van der Waals surface area contributed by atoms with Crippen molar-refractivity contribution in [3.05, 3.63) is 109 Å². The molecule has 0 radical (unpaired) electrons. The molecule has 0 heterocycles. The topological polar surface area (TPSA) is 108 Å². The molecule has 10 heteroatoms. The van der Waals surface area contributed by atoms with Crippen molar-refractivity contribution in [2.75, 3.05) is 47.5 Å². The molecule has 472 valence electrons. The largest absolute Gasteiger partial charge is 0.472 e. The number of phosphoric acid groups is 1. The first-order valence-corrected chi connectivity index (χ1v) is 35.1. The van der Waals surface area contributed by atoms with Crippen molar-refractivity contribution in [1.29, 1.82) is 0 Å². The number of hydrogen-bond donors (Lipinski definition) is 1. The summed E-state index contributed by atoms with van der Waals surface area (Å²) >= 11 is 0. The van der Waals surface area contributed by atoms with Gasteiger partial charge in [-0.3, -0.25) is 18.6 Å². The van der Waals surface area contributed by atoms with Gasteiger partial charge in [0.2, 0.25) is 0 Å². The van der Waals surface area contributed by atoms with Crippen molar-refractivity contribution in [2.45, 2.75) is 290 Å².